The Morgan fingerprint density at radius 3 is 3.00 bits per heavy atom. The van der Waals surface area contributed by atoms with Crippen LogP contribution in [-0.4, -0.2) is 14.8 Å². The third-order valence-corrected chi connectivity index (χ3v) is 1.21. The summed E-state index contributed by atoms with van der Waals surface area (Å²) in [5.41, 5.74) is -1.29. The van der Waals surface area contributed by atoms with Crippen LogP contribution in [0.5, 0.6) is 0 Å². The summed E-state index contributed by atoms with van der Waals surface area (Å²) in [6.07, 6.45) is 3.16. The van der Waals surface area contributed by atoms with E-state index < -0.39 is 11.1 Å². The molecule has 0 atom stereocenters. The lowest BCUT2D eigenvalue weighted by molar-refractivity contribution is 0.610. The number of aromatic amines is 1. The van der Waals surface area contributed by atoms with Crippen molar-refractivity contribution in [2.45, 2.75) is 19.9 Å². The maximum atomic E-state index is 10.9. The molecule has 0 spiro atoms. The second kappa shape index (κ2) is 3.14. The standard InChI is InChI=1S/C6H8N3O2/c1-2-3-9-4-7-8-5(10)6(9)11/h2-3H2,1H3,(H,8,10). The highest BCUT2D eigenvalue weighted by Crippen LogP contribution is 1.77. The Morgan fingerprint density at radius 2 is 2.36 bits per heavy atom. The van der Waals surface area contributed by atoms with E-state index >= 15 is 0 Å². The number of hydrogen-bond acceptors (Lipinski definition) is 3. The number of hydrogen-bond donors (Lipinski definition) is 1. The van der Waals surface area contributed by atoms with Gasteiger partial charge in [0.1, 0.15) is 0 Å². The van der Waals surface area contributed by atoms with E-state index in [0.29, 0.717) is 6.54 Å². The lowest BCUT2D eigenvalue weighted by Crippen LogP contribution is -2.36. The summed E-state index contributed by atoms with van der Waals surface area (Å²) in [6.45, 7) is 2.39. The Balaban J connectivity index is 3.18. The molecule has 1 radical (unpaired) electrons. The summed E-state index contributed by atoms with van der Waals surface area (Å²) in [5, 5.41) is 5.37. The molecule has 0 bridgehead atoms. The first-order chi connectivity index (χ1) is 5.25. The van der Waals surface area contributed by atoms with E-state index in [1.807, 2.05) is 12.0 Å². The van der Waals surface area contributed by atoms with Gasteiger partial charge in [0.15, 0.2) is 0 Å². The third-order valence-electron chi connectivity index (χ3n) is 1.21. The minimum absolute atomic E-state index is 0.482. The molecule has 0 aromatic carbocycles. The van der Waals surface area contributed by atoms with Crippen molar-refractivity contribution in [3.05, 3.63) is 27.0 Å². The molecule has 1 N–H and O–H groups in total. The molecular formula is C6H8N3O2. The van der Waals surface area contributed by atoms with Crippen LogP contribution in [0.3, 0.4) is 0 Å². The molecule has 0 amide bonds. The molecule has 59 valence electrons. The molecule has 0 aliphatic rings. The Hall–Kier alpha value is -1.39. The van der Waals surface area contributed by atoms with Crippen LogP contribution >= 0.6 is 0 Å². The van der Waals surface area contributed by atoms with E-state index in [1.54, 1.807) is 0 Å². The van der Waals surface area contributed by atoms with Crippen LogP contribution in [0.4, 0.5) is 0 Å². The SMILES string of the molecule is CCCn1[c]n[nH]c(=O)c1=O. The monoisotopic (exact) mass is 154 g/mol. The van der Waals surface area contributed by atoms with Crippen molar-refractivity contribution in [2.75, 3.05) is 0 Å². The summed E-state index contributed by atoms with van der Waals surface area (Å²) in [7, 11) is 0. The van der Waals surface area contributed by atoms with Crippen LogP contribution in [-0.2, 0) is 6.54 Å². The van der Waals surface area contributed by atoms with Crippen molar-refractivity contribution < 1.29 is 0 Å². The number of rotatable bonds is 2. The Morgan fingerprint density at radius 1 is 1.64 bits per heavy atom. The van der Waals surface area contributed by atoms with Gasteiger partial charge in [0.05, 0.1) is 0 Å². The lowest BCUT2D eigenvalue weighted by atomic mass is 10.5. The zero-order valence-corrected chi connectivity index (χ0v) is 6.13. The van der Waals surface area contributed by atoms with Crippen LogP contribution in [0.15, 0.2) is 9.59 Å². The smallest absolute Gasteiger partial charge is 0.284 e. The lowest BCUT2D eigenvalue weighted by Gasteiger charge is -1.96. The summed E-state index contributed by atoms with van der Waals surface area (Å²) in [6, 6.07) is 0. The fraction of sp³-hybridized carbons (Fsp3) is 0.500. The molecular weight excluding hydrogens is 146 g/mol. The van der Waals surface area contributed by atoms with Gasteiger partial charge in [-0.25, -0.2) is 5.10 Å². The molecule has 0 fully saturated rings. The van der Waals surface area contributed by atoms with Crippen molar-refractivity contribution in [3.8, 4) is 0 Å². The average molecular weight is 154 g/mol. The van der Waals surface area contributed by atoms with Crippen LogP contribution < -0.4 is 11.1 Å². The summed E-state index contributed by atoms with van der Waals surface area (Å²) in [5.74, 6) is 0. The average Bonchev–Trinajstić information content (AvgIpc) is 1.99. The molecule has 0 unspecified atom stereocenters. The topological polar surface area (TPSA) is 67.8 Å². The minimum Gasteiger partial charge on any atom is -0.284 e. The zero-order valence-electron chi connectivity index (χ0n) is 6.13. The highest BCUT2D eigenvalue weighted by molar-refractivity contribution is 4.72. The van der Waals surface area contributed by atoms with E-state index in [1.165, 1.54) is 4.57 Å². The maximum absolute atomic E-state index is 10.9. The quantitative estimate of drug-likeness (QED) is 0.564. The molecule has 1 aromatic rings. The first-order valence-corrected chi connectivity index (χ1v) is 3.33. The molecule has 5 heteroatoms. The second-order valence-electron chi connectivity index (χ2n) is 2.11. The normalized spacial score (nSPS) is 9.91. The summed E-state index contributed by atoms with van der Waals surface area (Å²) >= 11 is 0. The molecule has 0 saturated carbocycles. The van der Waals surface area contributed by atoms with Crippen molar-refractivity contribution >= 4 is 0 Å². The number of nitrogens with zero attached hydrogens (tertiary/aromatic N) is 2. The van der Waals surface area contributed by atoms with Gasteiger partial charge in [-0.15, -0.1) is 0 Å². The van der Waals surface area contributed by atoms with E-state index in [9.17, 15) is 9.59 Å². The molecule has 1 rings (SSSR count). The van der Waals surface area contributed by atoms with Gasteiger partial charge in [0.25, 0.3) is 0 Å². The van der Waals surface area contributed by atoms with Gasteiger partial charge < -0.3 is 0 Å². The number of aryl methyl sites for hydroxylation is 1. The number of H-pyrrole nitrogens is 1. The largest absolute Gasteiger partial charge is 0.330 e. The van der Waals surface area contributed by atoms with Gasteiger partial charge >= 0.3 is 11.1 Å². The molecule has 0 aliphatic carbocycles. The first kappa shape index (κ1) is 7.71. The summed E-state index contributed by atoms with van der Waals surface area (Å²) in [4.78, 5) is 21.5. The number of nitrogens with one attached hydrogen (secondary N) is 1. The van der Waals surface area contributed by atoms with E-state index in [-0.39, 0.29) is 0 Å². The molecule has 0 saturated heterocycles. The van der Waals surface area contributed by atoms with Crippen molar-refractivity contribution in [1.29, 1.82) is 0 Å². The van der Waals surface area contributed by atoms with Crippen LogP contribution in [0.25, 0.3) is 0 Å². The fourth-order valence-electron chi connectivity index (χ4n) is 0.727. The minimum atomic E-state index is -0.697. The van der Waals surface area contributed by atoms with Crippen LogP contribution in [0, 0.1) is 6.33 Å². The molecule has 11 heavy (non-hydrogen) atoms. The third kappa shape index (κ3) is 1.54. The van der Waals surface area contributed by atoms with E-state index in [4.69, 9.17) is 0 Å². The Bertz CT molecular complexity index is 338. The van der Waals surface area contributed by atoms with Crippen molar-refractivity contribution in [3.63, 3.8) is 0 Å². The molecule has 1 heterocycles. The van der Waals surface area contributed by atoms with Crippen LogP contribution in [0.2, 0.25) is 0 Å². The van der Waals surface area contributed by atoms with Gasteiger partial charge in [-0.05, 0) is 6.42 Å². The van der Waals surface area contributed by atoms with Crippen molar-refractivity contribution in [2.24, 2.45) is 0 Å². The maximum Gasteiger partial charge on any atom is 0.330 e. The predicted molar refractivity (Wildman–Crippen MR) is 38.2 cm³/mol. The summed E-state index contributed by atoms with van der Waals surface area (Å²) < 4.78 is 1.17. The fourth-order valence-corrected chi connectivity index (χ4v) is 0.727. The van der Waals surface area contributed by atoms with Crippen LogP contribution in [0.1, 0.15) is 13.3 Å². The highest BCUT2D eigenvalue weighted by atomic mass is 16.2. The van der Waals surface area contributed by atoms with Gasteiger partial charge in [-0.3, -0.25) is 14.2 Å². The van der Waals surface area contributed by atoms with Gasteiger partial charge in [0.2, 0.25) is 6.33 Å². The highest BCUT2D eigenvalue weighted by Gasteiger charge is 1.97. The van der Waals surface area contributed by atoms with Gasteiger partial charge in [0, 0.05) is 6.54 Å². The van der Waals surface area contributed by atoms with Gasteiger partial charge in [-0.2, -0.15) is 5.10 Å². The second-order valence-corrected chi connectivity index (χ2v) is 2.11. The van der Waals surface area contributed by atoms with E-state index in [2.05, 4.69) is 11.4 Å². The van der Waals surface area contributed by atoms with E-state index in [0.717, 1.165) is 6.42 Å². The Kier molecular flexibility index (Phi) is 2.20. The van der Waals surface area contributed by atoms with Gasteiger partial charge in [-0.1, -0.05) is 6.92 Å². The molecule has 5 nitrogen and oxygen atoms in total. The Labute approximate surface area is 62.7 Å². The van der Waals surface area contributed by atoms with Crippen molar-refractivity contribution in [1.82, 2.24) is 14.8 Å². The number of aromatic nitrogens is 3. The first-order valence-electron chi connectivity index (χ1n) is 3.33. The predicted octanol–water partition coefficient (Wildman–Crippen LogP) is -0.858. The zero-order chi connectivity index (χ0) is 8.27. The molecule has 0 aliphatic heterocycles. The molecule has 1 aromatic heterocycles.